The van der Waals surface area contributed by atoms with Crippen LogP contribution in [0, 0.1) is 11.3 Å². The lowest BCUT2D eigenvalue weighted by molar-refractivity contribution is -0.121. The highest BCUT2D eigenvalue weighted by Gasteiger charge is 2.33. The Hall–Kier alpha value is -3.21. The molecule has 0 N–H and O–H groups in total. The predicted molar refractivity (Wildman–Crippen MR) is 127 cm³/mol. The van der Waals surface area contributed by atoms with Crippen LogP contribution in [0.3, 0.4) is 0 Å². The maximum atomic E-state index is 13.3. The van der Waals surface area contributed by atoms with Gasteiger partial charge in [0.1, 0.15) is 0 Å². The van der Waals surface area contributed by atoms with Crippen molar-refractivity contribution in [2.45, 2.75) is 40.0 Å². The molecule has 0 fully saturated rings. The van der Waals surface area contributed by atoms with E-state index in [1.165, 1.54) is 4.90 Å². The summed E-state index contributed by atoms with van der Waals surface area (Å²) in [6.07, 6.45) is 2.69. The number of fused-ring (bicyclic) bond motifs is 2. The Balaban J connectivity index is 1.63. The third-order valence-corrected chi connectivity index (χ3v) is 6.53. The molecule has 5 heteroatoms. The third-order valence-electron chi connectivity index (χ3n) is 6.53. The smallest absolute Gasteiger partial charge is 0.339 e. The molecule has 5 nitrogen and oxygen atoms in total. The molecule has 0 aliphatic heterocycles. The quantitative estimate of drug-likeness (QED) is 0.534. The molecule has 32 heavy (non-hydrogen) atoms. The average Bonchev–Trinajstić information content (AvgIpc) is 2.79. The van der Waals surface area contributed by atoms with Crippen LogP contribution in [0.1, 0.15) is 48.8 Å². The normalized spacial score (nSPS) is 15.8. The van der Waals surface area contributed by atoms with Crippen LogP contribution in [0.2, 0.25) is 0 Å². The maximum absolute atomic E-state index is 13.3. The number of hydrogen-bond donors (Lipinski definition) is 0. The number of esters is 1. The van der Waals surface area contributed by atoms with Crippen LogP contribution in [0.15, 0.2) is 54.6 Å². The largest absolute Gasteiger partial charge is 0.452 e. The minimum Gasteiger partial charge on any atom is -0.452 e. The van der Waals surface area contributed by atoms with Gasteiger partial charge in [0.05, 0.1) is 11.1 Å². The zero-order valence-electron chi connectivity index (χ0n) is 19.2. The summed E-state index contributed by atoms with van der Waals surface area (Å²) in [4.78, 5) is 32.3. The van der Waals surface area contributed by atoms with E-state index in [9.17, 15) is 9.59 Å². The molecule has 0 bridgehead atoms. The summed E-state index contributed by atoms with van der Waals surface area (Å²) in [7, 11) is 1.68. The Kier molecular flexibility index (Phi) is 6.00. The zero-order chi connectivity index (χ0) is 22.9. The number of carbonyl (C=O) groups is 2. The SMILES string of the molecule is CN(C(=O)COC(=O)c1c2c(nc3ccccc13)CC[C@@H](C(C)(C)C)C2)c1ccccc1. The van der Waals surface area contributed by atoms with Gasteiger partial charge in [-0.25, -0.2) is 4.79 Å². The summed E-state index contributed by atoms with van der Waals surface area (Å²) in [6.45, 7) is 6.42. The molecule has 0 unspecified atom stereocenters. The summed E-state index contributed by atoms with van der Waals surface area (Å²) in [5.41, 5.74) is 4.20. The lowest BCUT2D eigenvalue weighted by Gasteiger charge is -2.35. The van der Waals surface area contributed by atoms with Crippen molar-refractivity contribution in [1.82, 2.24) is 4.98 Å². The van der Waals surface area contributed by atoms with Gasteiger partial charge in [0.2, 0.25) is 0 Å². The molecule has 1 aliphatic carbocycles. The van der Waals surface area contributed by atoms with E-state index in [-0.39, 0.29) is 17.9 Å². The Morgan fingerprint density at radius 3 is 2.47 bits per heavy atom. The van der Waals surface area contributed by atoms with E-state index in [0.29, 0.717) is 11.5 Å². The number of pyridine rings is 1. The van der Waals surface area contributed by atoms with Crippen LogP contribution in [0.25, 0.3) is 10.9 Å². The number of nitrogens with zero attached hydrogens (tertiary/aromatic N) is 2. The van der Waals surface area contributed by atoms with Gasteiger partial charge in [0, 0.05) is 23.8 Å². The highest BCUT2D eigenvalue weighted by atomic mass is 16.5. The summed E-state index contributed by atoms with van der Waals surface area (Å²) in [5.74, 6) is -0.274. The standard InChI is InChI=1S/C27H30N2O3/c1-27(2,3)18-14-15-23-21(16-18)25(20-12-8-9-13-22(20)28-23)26(31)32-17-24(30)29(4)19-10-6-5-7-11-19/h5-13,18H,14-17H2,1-4H3/t18-/m1/s1. The summed E-state index contributed by atoms with van der Waals surface area (Å²) < 4.78 is 5.57. The second-order valence-corrected chi connectivity index (χ2v) is 9.60. The first-order valence-electron chi connectivity index (χ1n) is 11.1. The number of benzene rings is 2. The Morgan fingerprint density at radius 2 is 1.75 bits per heavy atom. The molecule has 166 valence electrons. The van der Waals surface area contributed by atoms with Crippen LogP contribution < -0.4 is 4.90 Å². The lowest BCUT2D eigenvalue weighted by Crippen LogP contribution is -2.32. The van der Waals surface area contributed by atoms with Crippen molar-refractivity contribution >= 4 is 28.5 Å². The highest BCUT2D eigenvalue weighted by Crippen LogP contribution is 2.39. The second kappa shape index (κ2) is 8.73. The maximum Gasteiger partial charge on any atom is 0.339 e. The van der Waals surface area contributed by atoms with Crippen molar-refractivity contribution in [2.75, 3.05) is 18.6 Å². The van der Waals surface area contributed by atoms with E-state index < -0.39 is 5.97 Å². The van der Waals surface area contributed by atoms with Gasteiger partial charge in [-0.1, -0.05) is 57.2 Å². The van der Waals surface area contributed by atoms with Gasteiger partial charge < -0.3 is 9.64 Å². The third kappa shape index (κ3) is 4.38. The molecule has 4 rings (SSSR count). The molecular weight excluding hydrogens is 400 g/mol. The summed E-state index contributed by atoms with van der Waals surface area (Å²) >= 11 is 0. The molecule has 1 aromatic heterocycles. The molecule has 0 saturated carbocycles. The first-order valence-corrected chi connectivity index (χ1v) is 11.1. The Bertz CT molecular complexity index is 1150. The van der Waals surface area contributed by atoms with E-state index in [0.717, 1.165) is 47.1 Å². The number of likely N-dealkylation sites (N-methyl/N-ethyl adjacent to an activating group) is 1. The minimum absolute atomic E-state index is 0.138. The van der Waals surface area contributed by atoms with Crippen molar-refractivity contribution < 1.29 is 14.3 Å². The number of hydrogen-bond acceptors (Lipinski definition) is 4. The van der Waals surface area contributed by atoms with Crippen LogP contribution >= 0.6 is 0 Å². The molecule has 1 heterocycles. The topological polar surface area (TPSA) is 59.5 Å². The van der Waals surface area contributed by atoms with Gasteiger partial charge in [0.25, 0.3) is 5.91 Å². The Morgan fingerprint density at radius 1 is 1.06 bits per heavy atom. The highest BCUT2D eigenvalue weighted by molar-refractivity contribution is 6.06. The number of ether oxygens (including phenoxy) is 1. The number of carbonyl (C=O) groups excluding carboxylic acids is 2. The minimum atomic E-state index is -0.454. The molecule has 1 atom stereocenters. The number of aryl methyl sites for hydroxylation is 1. The lowest BCUT2D eigenvalue weighted by atomic mass is 9.70. The summed E-state index contributed by atoms with van der Waals surface area (Å²) in [5, 5.41) is 0.787. The van der Waals surface area contributed by atoms with E-state index in [2.05, 4.69) is 20.8 Å². The first kappa shape index (κ1) is 22.0. The fourth-order valence-corrected chi connectivity index (χ4v) is 4.45. The van der Waals surface area contributed by atoms with Gasteiger partial charge in [-0.05, 0) is 54.4 Å². The predicted octanol–water partition coefficient (Wildman–Crippen LogP) is 5.21. The molecule has 0 saturated heterocycles. The van der Waals surface area contributed by atoms with Crippen LogP contribution in [-0.4, -0.2) is 30.5 Å². The van der Waals surface area contributed by atoms with Crippen molar-refractivity contribution in [3.05, 3.63) is 71.4 Å². The van der Waals surface area contributed by atoms with E-state index in [1.807, 2.05) is 54.6 Å². The second-order valence-electron chi connectivity index (χ2n) is 9.60. The molecule has 1 amide bonds. The fourth-order valence-electron chi connectivity index (χ4n) is 4.45. The van der Waals surface area contributed by atoms with Gasteiger partial charge >= 0.3 is 5.97 Å². The van der Waals surface area contributed by atoms with Crippen LogP contribution in [0.4, 0.5) is 5.69 Å². The van der Waals surface area contributed by atoms with Crippen molar-refractivity contribution in [1.29, 1.82) is 0 Å². The van der Waals surface area contributed by atoms with E-state index >= 15 is 0 Å². The van der Waals surface area contributed by atoms with Crippen LogP contribution in [-0.2, 0) is 22.4 Å². The van der Waals surface area contributed by atoms with E-state index in [1.54, 1.807) is 7.05 Å². The number of rotatable bonds is 4. The van der Waals surface area contributed by atoms with Gasteiger partial charge in [-0.15, -0.1) is 0 Å². The molecule has 0 spiro atoms. The summed E-state index contributed by atoms with van der Waals surface area (Å²) in [6, 6.07) is 17.0. The number of anilines is 1. The molecule has 0 radical (unpaired) electrons. The molecule has 2 aromatic carbocycles. The average molecular weight is 431 g/mol. The van der Waals surface area contributed by atoms with Crippen LogP contribution in [0.5, 0.6) is 0 Å². The van der Waals surface area contributed by atoms with Gasteiger partial charge in [-0.3, -0.25) is 9.78 Å². The number of aromatic nitrogens is 1. The first-order chi connectivity index (χ1) is 15.3. The molecular formula is C27H30N2O3. The van der Waals surface area contributed by atoms with E-state index in [4.69, 9.17) is 9.72 Å². The van der Waals surface area contributed by atoms with Gasteiger partial charge in [0.15, 0.2) is 6.61 Å². The van der Waals surface area contributed by atoms with Gasteiger partial charge in [-0.2, -0.15) is 0 Å². The van der Waals surface area contributed by atoms with Crippen molar-refractivity contribution in [2.24, 2.45) is 11.3 Å². The van der Waals surface area contributed by atoms with Crippen molar-refractivity contribution in [3.8, 4) is 0 Å². The van der Waals surface area contributed by atoms with Crippen molar-refractivity contribution in [3.63, 3.8) is 0 Å². The number of amides is 1. The molecule has 3 aromatic rings. The molecule has 1 aliphatic rings. The Labute approximate surface area is 189 Å². The fraction of sp³-hybridized carbons (Fsp3) is 0.370. The number of para-hydroxylation sites is 2. The zero-order valence-corrected chi connectivity index (χ0v) is 19.2. The monoisotopic (exact) mass is 430 g/mol.